The number of nitriles is 1. The minimum absolute atomic E-state index is 0.0216. The molecular formula is C9H9ClN2O3S. The van der Waals surface area contributed by atoms with Crippen molar-refractivity contribution in [2.24, 2.45) is 0 Å². The summed E-state index contributed by atoms with van der Waals surface area (Å²) in [5, 5.41) is 9.05. The molecule has 0 aliphatic carbocycles. The highest BCUT2D eigenvalue weighted by Gasteiger charge is 2.24. The summed E-state index contributed by atoms with van der Waals surface area (Å²) in [5.74, 6) is 0. The molecule has 0 aliphatic heterocycles. The summed E-state index contributed by atoms with van der Waals surface area (Å²) in [5.41, 5.74) is 0.0216. The predicted octanol–water partition coefficient (Wildman–Crippen LogP) is 1.39. The van der Waals surface area contributed by atoms with Crippen LogP contribution in [0.5, 0.6) is 0 Å². The van der Waals surface area contributed by atoms with Crippen molar-refractivity contribution in [1.29, 1.82) is 5.26 Å². The lowest BCUT2D eigenvalue weighted by atomic mass is 10.2. The van der Waals surface area contributed by atoms with E-state index >= 15 is 0 Å². The van der Waals surface area contributed by atoms with E-state index in [1.807, 2.05) is 0 Å². The Bertz CT molecular complexity index is 536. The van der Waals surface area contributed by atoms with Gasteiger partial charge in [-0.25, -0.2) is 8.42 Å². The summed E-state index contributed by atoms with van der Waals surface area (Å²) in [6, 6.07) is 5.80. The highest BCUT2D eigenvalue weighted by atomic mass is 35.5. The number of hydrogen-bond acceptors (Lipinski definition) is 4. The third-order valence-electron chi connectivity index (χ3n) is 1.94. The summed E-state index contributed by atoms with van der Waals surface area (Å²) < 4.78 is 24.4. The van der Waals surface area contributed by atoms with Crippen molar-refractivity contribution in [2.75, 3.05) is 14.2 Å². The van der Waals surface area contributed by atoms with Crippen molar-refractivity contribution in [1.82, 2.24) is 4.47 Å². The molecule has 0 heterocycles. The van der Waals surface area contributed by atoms with Crippen molar-refractivity contribution in [2.45, 2.75) is 4.90 Å². The molecule has 1 aromatic carbocycles. The summed E-state index contributed by atoms with van der Waals surface area (Å²) in [7, 11) is -1.40. The average molecular weight is 261 g/mol. The topological polar surface area (TPSA) is 70.4 Å². The summed E-state index contributed by atoms with van der Waals surface area (Å²) in [6.07, 6.45) is 0. The van der Waals surface area contributed by atoms with Crippen LogP contribution in [0.1, 0.15) is 5.56 Å². The van der Waals surface area contributed by atoms with Crippen LogP contribution in [0, 0.1) is 11.3 Å². The molecule has 7 heteroatoms. The molecule has 0 amide bonds. The lowest BCUT2D eigenvalue weighted by Crippen LogP contribution is -2.26. The first-order valence-corrected chi connectivity index (χ1v) is 5.98. The van der Waals surface area contributed by atoms with Gasteiger partial charge in [0.15, 0.2) is 0 Å². The van der Waals surface area contributed by atoms with E-state index in [1.165, 1.54) is 32.4 Å². The van der Waals surface area contributed by atoms with Gasteiger partial charge in [0, 0.05) is 12.1 Å². The molecule has 0 saturated heterocycles. The van der Waals surface area contributed by atoms with Crippen molar-refractivity contribution in [3.8, 4) is 6.07 Å². The molecule has 1 aromatic rings. The van der Waals surface area contributed by atoms with Gasteiger partial charge in [0.05, 0.1) is 12.7 Å². The van der Waals surface area contributed by atoms with Gasteiger partial charge in [-0.3, -0.25) is 4.84 Å². The minimum Gasteiger partial charge on any atom is -0.288 e. The normalized spacial score (nSPS) is 11.4. The lowest BCUT2D eigenvalue weighted by Gasteiger charge is -2.14. The smallest absolute Gasteiger partial charge is 0.266 e. The highest BCUT2D eigenvalue weighted by Crippen LogP contribution is 2.22. The Morgan fingerprint density at radius 1 is 1.50 bits per heavy atom. The number of nitrogens with zero attached hydrogens (tertiary/aromatic N) is 2. The van der Waals surface area contributed by atoms with E-state index in [4.69, 9.17) is 16.9 Å². The Hall–Kier alpha value is -1.13. The summed E-state index contributed by atoms with van der Waals surface area (Å²) >= 11 is 5.69. The van der Waals surface area contributed by atoms with Gasteiger partial charge in [-0.15, -0.1) is 0 Å². The monoisotopic (exact) mass is 260 g/mol. The van der Waals surface area contributed by atoms with Crippen LogP contribution in [-0.4, -0.2) is 27.0 Å². The fraction of sp³-hybridized carbons (Fsp3) is 0.222. The molecule has 0 unspecified atom stereocenters. The Morgan fingerprint density at radius 3 is 2.62 bits per heavy atom. The van der Waals surface area contributed by atoms with Gasteiger partial charge < -0.3 is 0 Å². The fourth-order valence-corrected chi connectivity index (χ4v) is 2.42. The maximum absolute atomic E-state index is 11.9. The maximum Gasteiger partial charge on any atom is 0.266 e. The largest absolute Gasteiger partial charge is 0.288 e. The van der Waals surface area contributed by atoms with Gasteiger partial charge >= 0.3 is 0 Å². The third-order valence-corrected chi connectivity index (χ3v) is 3.89. The van der Waals surface area contributed by atoms with Gasteiger partial charge in [-0.2, -0.15) is 5.26 Å². The van der Waals surface area contributed by atoms with Gasteiger partial charge in [0.1, 0.15) is 11.0 Å². The van der Waals surface area contributed by atoms with Crippen LogP contribution in [0.25, 0.3) is 0 Å². The minimum atomic E-state index is -3.85. The second kappa shape index (κ2) is 4.80. The molecule has 5 nitrogen and oxygen atoms in total. The third kappa shape index (κ3) is 2.33. The first-order chi connectivity index (χ1) is 7.43. The predicted molar refractivity (Wildman–Crippen MR) is 58.1 cm³/mol. The lowest BCUT2D eigenvalue weighted by molar-refractivity contribution is -0.0258. The van der Waals surface area contributed by atoms with Crippen LogP contribution in [0.4, 0.5) is 0 Å². The number of rotatable bonds is 3. The van der Waals surface area contributed by atoms with E-state index in [0.29, 0.717) is 4.47 Å². The van der Waals surface area contributed by atoms with E-state index in [9.17, 15) is 8.42 Å². The van der Waals surface area contributed by atoms with Gasteiger partial charge in [0.2, 0.25) is 0 Å². The van der Waals surface area contributed by atoms with E-state index in [2.05, 4.69) is 4.84 Å². The van der Waals surface area contributed by atoms with Gasteiger partial charge in [0.25, 0.3) is 10.0 Å². The molecule has 0 radical (unpaired) electrons. The summed E-state index contributed by atoms with van der Waals surface area (Å²) in [4.78, 5) is 4.43. The van der Waals surface area contributed by atoms with E-state index in [-0.39, 0.29) is 15.5 Å². The second-order valence-electron chi connectivity index (χ2n) is 2.85. The number of sulfonamides is 1. The number of halogens is 1. The van der Waals surface area contributed by atoms with Crippen LogP contribution < -0.4 is 0 Å². The molecule has 0 fully saturated rings. The Balaban J connectivity index is 3.44. The van der Waals surface area contributed by atoms with Gasteiger partial charge in [-0.1, -0.05) is 16.1 Å². The highest BCUT2D eigenvalue weighted by molar-refractivity contribution is 7.89. The zero-order valence-corrected chi connectivity index (χ0v) is 10.2. The Labute approximate surface area is 98.8 Å². The molecule has 0 aromatic heterocycles. The van der Waals surface area contributed by atoms with Gasteiger partial charge in [-0.05, 0) is 18.2 Å². The molecule has 0 N–H and O–H groups in total. The van der Waals surface area contributed by atoms with Crippen LogP contribution in [0.2, 0.25) is 5.02 Å². The van der Waals surface area contributed by atoms with E-state index in [1.54, 1.807) is 6.07 Å². The van der Waals surface area contributed by atoms with Crippen molar-refractivity contribution >= 4 is 21.6 Å². The first-order valence-electron chi connectivity index (χ1n) is 4.16. The molecule has 0 spiro atoms. The number of hydrogen-bond donors (Lipinski definition) is 0. The fourth-order valence-electron chi connectivity index (χ4n) is 1.04. The molecule has 86 valence electrons. The molecular weight excluding hydrogens is 252 g/mol. The Morgan fingerprint density at radius 2 is 2.12 bits per heavy atom. The molecule has 0 saturated carbocycles. The molecule has 0 bridgehead atoms. The van der Waals surface area contributed by atoms with Crippen molar-refractivity contribution < 1.29 is 13.3 Å². The van der Waals surface area contributed by atoms with E-state index < -0.39 is 10.0 Å². The van der Waals surface area contributed by atoms with Crippen molar-refractivity contribution in [3.05, 3.63) is 28.8 Å². The maximum atomic E-state index is 11.9. The van der Waals surface area contributed by atoms with Crippen LogP contribution in [-0.2, 0) is 14.9 Å². The zero-order chi connectivity index (χ0) is 12.3. The standard InChI is InChI=1S/C9H9ClN2O3S/c1-12(15-2)16(13,14)9-5-8(10)4-3-7(9)6-11/h3-5H,1-2H3. The van der Waals surface area contributed by atoms with E-state index in [0.717, 1.165) is 0 Å². The molecule has 16 heavy (non-hydrogen) atoms. The second-order valence-corrected chi connectivity index (χ2v) is 5.19. The van der Waals surface area contributed by atoms with Crippen LogP contribution >= 0.6 is 11.6 Å². The molecule has 0 aliphatic rings. The Kier molecular flexibility index (Phi) is 3.88. The molecule has 1 rings (SSSR count). The first kappa shape index (κ1) is 12.9. The summed E-state index contributed by atoms with van der Waals surface area (Å²) in [6.45, 7) is 0. The van der Waals surface area contributed by atoms with Crippen LogP contribution in [0.15, 0.2) is 23.1 Å². The quantitative estimate of drug-likeness (QED) is 0.770. The van der Waals surface area contributed by atoms with Crippen LogP contribution in [0.3, 0.4) is 0 Å². The molecule has 0 atom stereocenters. The van der Waals surface area contributed by atoms with Crippen molar-refractivity contribution in [3.63, 3.8) is 0 Å². The number of benzene rings is 1. The number of hydroxylamine groups is 1. The average Bonchev–Trinajstić information content (AvgIpc) is 2.27. The zero-order valence-electron chi connectivity index (χ0n) is 8.64. The SMILES string of the molecule is CON(C)S(=O)(=O)c1cc(Cl)ccc1C#N.